The van der Waals surface area contributed by atoms with Crippen molar-refractivity contribution >= 4 is 151 Å². The van der Waals surface area contributed by atoms with Gasteiger partial charge in [-0.15, -0.1) is 0 Å². The molecule has 141 heavy (non-hydrogen) atoms. The number of benzene rings is 7. The molecule has 0 radical (unpaired) electrons. The summed E-state index contributed by atoms with van der Waals surface area (Å²) >= 11 is 46.3. The van der Waals surface area contributed by atoms with Crippen molar-refractivity contribution in [2.24, 2.45) is 20.0 Å². The van der Waals surface area contributed by atoms with Gasteiger partial charge in [0.25, 0.3) is 30.7 Å². The Balaban J connectivity index is 0.000000161. The predicted octanol–water partition coefficient (Wildman–Crippen LogP) is 24.1. The second-order valence-corrected chi connectivity index (χ2v) is 39.7. The Labute approximate surface area is 855 Å². The Morgan fingerprint density at radius 2 is 0.816 bits per heavy atom. The maximum atomic E-state index is 14.9. The molecule has 0 saturated heterocycles. The zero-order chi connectivity index (χ0) is 101. The van der Waals surface area contributed by atoms with Crippen LogP contribution in [0.25, 0.3) is 66.1 Å². The number of carboxylic acid groups (broad SMARTS) is 1. The van der Waals surface area contributed by atoms with Gasteiger partial charge in [-0.2, -0.15) is 15.3 Å². The van der Waals surface area contributed by atoms with Gasteiger partial charge in [-0.1, -0.05) is 113 Å². The van der Waals surface area contributed by atoms with Crippen LogP contribution in [-0.2, 0) is 87.0 Å². The highest BCUT2D eigenvalue weighted by atomic mass is 35.5. The molecule has 14 aromatic rings. The molecule has 3 aliphatic heterocycles. The molecular formula is C108H116Cl7N13O13. The number of ether oxygens (including phenoxy) is 6. The number of hydrogen-bond donors (Lipinski definition) is 2. The molecule has 2 N–H and O–H groups in total. The van der Waals surface area contributed by atoms with Crippen LogP contribution in [0.5, 0.6) is 34.5 Å². The molecule has 7 aromatic carbocycles. The van der Waals surface area contributed by atoms with E-state index >= 15 is 0 Å². The number of rotatable bonds is 32. The monoisotopic (exact) mass is 2050 g/mol. The number of halogens is 7. The standard InChI is InChI=1S/C42H48Cl2N4O5.C36H36Cl3N5O4.C30H32Cl2N4O4/c1-25(2)13-17-52-32-20-30(21-33(22-32)53-24-49)23-47-14-9-15-48-40-35(11-12-36(43)38(40)37-28(5)45-46(7)29(37)6)34(41(48)42(47)50)10-8-16-51-31-18-26(3)39(44)27(4)19-31;1-20-14-25(15-21(2)33(20)39)47-13-6-8-27-28-9-10-29(37)32(31-22(3)41-42(5)23(31)4)34(28)44-12-7-11-43(36(46)35(27)44)18-24-16-26(48-19-45)17-30(38)40-24;1-16-13-20(14-17(2)27(16)32)40-12-5-7-21-22-8-9-23(31)26(25-18(3)34-36(19(25)4)15-24(37)38)28(22)35-11-6-10-33-30(39)29(21)35/h11-12,18-22,24-25H,8-10,13-17,23H2,1-7H3;9-10,14-17,19H,6-8,11-13,18H2,1-5H3;8-9,13-14H,5-7,10-12,15H2,1-4H3,(H,33,39)(H,37,38). The zero-order valence-corrected chi connectivity index (χ0v) is 87.5. The van der Waals surface area contributed by atoms with Crippen LogP contribution in [0.4, 0.5) is 0 Å². The van der Waals surface area contributed by atoms with E-state index in [0.717, 1.165) is 196 Å². The van der Waals surface area contributed by atoms with Crippen LogP contribution >= 0.6 is 81.2 Å². The van der Waals surface area contributed by atoms with Crippen LogP contribution < -0.4 is 33.7 Å². The molecule has 0 atom stereocenters. The van der Waals surface area contributed by atoms with Gasteiger partial charge in [0.1, 0.15) is 63.3 Å². The van der Waals surface area contributed by atoms with Gasteiger partial charge in [-0.3, -0.25) is 42.8 Å². The zero-order valence-electron chi connectivity index (χ0n) is 82.2. The fourth-order valence-corrected chi connectivity index (χ4v) is 21.2. The lowest BCUT2D eigenvalue weighted by Crippen LogP contribution is -2.31. The molecular weight excluding hydrogens is 1940 g/mol. The molecule has 17 rings (SSSR count). The molecule has 0 aliphatic carbocycles. The summed E-state index contributed by atoms with van der Waals surface area (Å²) in [5.41, 5.74) is 25.1. The van der Waals surface area contributed by atoms with Crippen LogP contribution in [0.2, 0.25) is 35.3 Å². The van der Waals surface area contributed by atoms with Crippen LogP contribution in [-0.4, -0.2) is 146 Å². The van der Waals surface area contributed by atoms with Crippen molar-refractivity contribution in [3.63, 3.8) is 0 Å². The summed E-state index contributed by atoms with van der Waals surface area (Å²) in [5, 5.41) is 33.4. The highest BCUT2D eigenvalue weighted by Gasteiger charge is 2.37. The smallest absolute Gasteiger partial charge is 0.325 e. The number of pyridine rings is 1. The molecule has 0 unspecified atom stereocenters. The minimum Gasteiger partial charge on any atom is -0.494 e. The summed E-state index contributed by atoms with van der Waals surface area (Å²) < 4.78 is 46.4. The molecule has 0 bridgehead atoms. The number of aryl methyl sites for hydroxylation is 17. The average Bonchev–Trinajstić information content (AvgIpc) is 1.58. The number of amides is 3. The lowest BCUT2D eigenvalue weighted by Gasteiger charge is -2.22. The first kappa shape index (κ1) is 103. The summed E-state index contributed by atoms with van der Waals surface area (Å²) in [4.78, 5) is 84.7. The lowest BCUT2D eigenvalue weighted by molar-refractivity contribution is -0.138. The minimum atomic E-state index is -0.969. The Kier molecular flexibility index (Phi) is 32.7. The van der Waals surface area contributed by atoms with Crippen molar-refractivity contribution < 1.29 is 62.3 Å². The van der Waals surface area contributed by atoms with Gasteiger partial charge in [0.2, 0.25) is 0 Å². The average molecular weight is 2050 g/mol. The highest BCUT2D eigenvalue weighted by molar-refractivity contribution is 6.37. The molecule has 33 heteroatoms. The predicted molar refractivity (Wildman–Crippen MR) is 556 cm³/mol. The van der Waals surface area contributed by atoms with E-state index in [9.17, 15) is 33.9 Å². The van der Waals surface area contributed by atoms with E-state index in [-0.39, 0.29) is 41.7 Å². The highest BCUT2D eigenvalue weighted by Crippen LogP contribution is 2.48. The number of nitrogens with one attached hydrogen (secondary N) is 1. The number of carbonyl (C=O) groups is 6. The fourth-order valence-electron chi connectivity index (χ4n) is 19.9. The molecule has 3 amide bonds. The van der Waals surface area contributed by atoms with Crippen LogP contribution in [0.1, 0.15) is 186 Å². The van der Waals surface area contributed by atoms with Crippen molar-refractivity contribution in [3.05, 3.63) is 251 Å². The van der Waals surface area contributed by atoms with Crippen LogP contribution in [0, 0.1) is 89.0 Å². The maximum absolute atomic E-state index is 14.9. The summed E-state index contributed by atoms with van der Waals surface area (Å²) in [5.74, 6) is 2.78. The molecule has 7 aromatic heterocycles. The van der Waals surface area contributed by atoms with Gasteiger partial charge >= 0.3 is 5.97 Å². The summed E-state index contributed by atoms with van der Waals surface area (Å²) in [7, 11) is 3.86. The number of aromatic nitrogens is 10. The molecule has 10 heterocycles. The second-order valence-electron chi connectivity index (χ2n) is 37.0. The number of aliphatic carboxylic acids is 1. The minimum absolute atomic E-state index is 0.0655. The Morgan fingerprint density at radius 3 is 1.23 bits per heavy atom. The summed E-state index contributed by atoms with van der Waals surface area (Å²) in [6, 6.07) is 31.9. The van der Waals surface area contributed by atoms with E-state index in [1.807, 2.05) is 190 Å². The number of fused-ring (bicyclic) bond motifs is 9. The molecule has 0 fully saturated rings. The fraction of sp³-hybridized carbons (Fsp3) is 0.370. The third kappa shape index (κ3) is 22.1. The van der Waals surface area contributed by atoms with Crippen molar-refractivity contribution in [1.29, 1.82) is 0 Å². The number of nitrogens with zero attached hydrogens (tertiary/aromatic N) is 12. The van der Waals surface area contributed by atoms with Gasteiger partial charge in [-0.25, -0.2) is 4.98 Å². The van der Waals surface area contributed by atoms with E-state index < -0.39 is 5.97 Å². The van der Waals surface area contributed by atoms with Gasteiger partial charge in [-0.05, 0) is 276 Å². The van der Waals surface area contributed by atoms with Crippen LogP contribution in [0.15, 0.2) is 103 Å². The van der Waals surface area contributed by atoms with E-state index in [1.165, 1.54) is 10.7 Å². The van der Waals surface area contributed by atoms with Gasteiger partial charge in [0.15, 0.2) is 0 Å². The van der Waals surface area contributed by atoms with E-state index in [2.05, 4.69) is 48.0 Å². The molecule has 740 valence electrons. The molecule has 0 saturated carbocycles. The normalized spacial score (nSPS) is 13.2. The Hall–Kier alpha value is -12.0. The summed E-state index contributed by atoms with van der Waals surface area (Å²) in [6.07, 6.45) is 7.02. The SMILES string of the molecule is Cc1cc(OCCCc2c3n(c4c(-c5c(C)nn(C)c5C)c(Cl)ccc24)CCCN(Cc2cc(OC=O)cc(Cl)n2)C3=O)cc(C)c1Cl.Cc1cc(OCCCc2c3n(c4c(-c5c(C)nn(C)c5C)c(Cl)ccc24)CCCN(Cc2cc(OC=O)cc(OCCC(C)C)c2)C3=O)cc(C)c1Cl.Cc1cc(OCCCc2c3n(c4c(-c5c(C)nn(CC(=O)O)c5C)c(Cl)ccc24)CCCNC3=O)cc(C)c1Cl. The van der Waals surface area contributed by atoms with Crippen molar-refractivity contribution in [2.75, 3.05) is 46.1 Å². The quantitative estimate of drug-likeness (QED) is 0.0225. The maximum Gasteiger partial charge on any atom is 0.325 e. The molecule has 3 aliphatic rings. The van der Waals surface area contributed by atoms with Crippen molar-refractivity contribution in [3.8, 4) is 67.9 Å². The largest absolute Gasteiger partial charge is 0.494 e. The third-order valence-corrected chi connectivity index (χ3v) is 29.4. The Bertz CT molecular complexity index is 7150. The van der Waals surface area contributed by atoms with Crippen LogP contribution in [0.3, 0.4) is 0 Å². The second kappa shape index (κ2) is 44.7. The third-order valence-electron chi connectivity index (χ3n) is 26.5. The first-order valence-electron chi connectivity index (χ1n) is 47.4. The molecule has 0 spiro atoms. The lowest BCUT2D eigenvalue weighted by atomic mass is 9.98. The van der Waals surface area contributed by atoms with Crippen molar-refractivity contribution in [2.45, 2.75) is 200 Å². The summed E-state index contributed by atoms with van der Waals surface area (Å²) in [6.45, 7) is 34.3. The first-order valence-corrected chi connectivity index (χ1v) is 50.1. The Morgan fingerprint density at radius 1 is 0.440 bits per heavy atom. The molecule has 26 nitrogen and oxygen atoms in total. The van der Waals surface area contributed by atoms with Gasteiger partial charge in [0.05, 0.1) is 87.4 Å². The topological polar surface area (TPSA) is 278 Å². The van der Waals surface area contributed by atoms with Gasteiger partial charge < -0.3 is 62.3 Å². The first-order chi connectivity index (χ1) is 67.4. The van der Waals surface area contributed by atoms with E-state index in [1.54, 1.807) is 23.1 Å². The van der Waals surface area contributed by atoms with E-state index in [4.69, 9.17) is 115 Å². The number of hydrogen-bond acceptors (Lipinski definition) is 16. The number of carboxylic acids is 1. The van der Waals surface area contributed by atoms with Gasteiger partial charge in [0, 0.05) is 160 Å². The van der Waals surface area contributed by atoms with Crippen molar-refractivity contribution in [1.82, 2.24) is 63.1 Å². The van der Waals surface area contributed by atoms with E-state index in [0.29, 0.717) is 197 Å². The number of carbonyl (C=O) groups excluding carboxylic acids is 5.